The topological polar surface area (TPSA) is 136 Å². The standard InChI is InChI=1S/C22H25N3O5/c1-11-18(12(2)30-25-11)20(27)17(26)10-22(23,21(28)29)19-13-6-3-4-8-15(13)24-16-9-5-7-14(16)19/h3-4,6,8,14,16,19,24H,5,7,9-10,23H2,1-2H3,(H,28,29)/t14-,16+,19?,22?/m0/s1. The molecule has 8 heteroatoms. The van der Waals surface area contributed by atoms with Gasteiger partial charge >= 0.3 is 5.97 Å². The summed E-state index contributed by atoms with van der Waals surface area (Å²) in [7, 11) is 0. The number of nitrogens with zero attached hydrogens (tertiary/aromatic N) is 1. The van der Waals surface area contributed by atoms with Crippen molar-refractivity contribution < 1.29 is 24.0 Å². The van der Waals surface area contributed by atoms with E-state index in [0.29, 0.717) is 5.69 Å². The number of anilines is 1. The number of aromatic nitrogens is 1. The minimum atomic E-state index is -1.91. The van der Waals surface area contributed by atoms with E-state index in [1.807, 2.05) is 24.3 Å². The number of fused-ring (bicyclic) bond motifs is 2. The minimum Gasteiger partial charge on any atom is -0.480 e. The Labute approximate surface area is 173 Å². The van der Waals surface area contributed by atoms with Crippen molar-refractivity contribution in [3.8, 4) is 0 Å². The van der Waals surface area contributed by atoms with E-state index in [-0.39, 0.29) is 23.3 Å². The number of aryl methyl sites for hydroxylation is 2. The highest BCUT2D eigenvalue weighted by molar-refractivity contribution is 6.44. The number of carboxylic acids is 1. The number of hydrogen-bond acceptors (Lipinski definition) is 7. The van der Waals surface area contributed by atoms with Crippen molar-refractivity contribution in [1.82, 2.24) is 5.16 Å². The number of para-hydroxylation sites is 1. The maximum atomic E-state index is 12.9. The van der Waals surface area contributed by atoms with Crippen molar-refractivity contribution in [2.75, 3.05) is 5.32 Å². The molecular weight excluding hydrogens is 386 g/mol. The SMILES string of the molecule is Cc1noc(C)c1C(=O)C(=O)CC(N)(C(=O)O)C1c2ccccc2N[C@@H]2CCC[C@H]12. The lowest BCUT2D eigenvalue weighted by Gasteiger charge is -2.44. The van der Waals surface area contributed by atoms with Gasteiger partial charge in [0.1, 0.15) is 11.3 Å². The number of carbonyl (C=O) groups excluding carboxylic acids is 2. The average molecular weight is 411 g/mol. The number of rotatable bonds is 6. The predicted octanol–water partition coefficient (Wildman–Crippen LogP) is 2.59. The van der Waals surface area contributed by atoms with E-state index in [1.54, 1.807) is 13.8 Å². The van der Waals surface area contributed by atoms with E-state index in [1.165, 1.54) is 0 Å². The number of hydrogen-bond donors (Lipinski definition) is 3. The molecule has 1 aliphatic carbocycles. The maximum Gasteiger partial charge on any atom is 0.324 e. The van der Waals surface area contributed by atoms with Gasteiger partial charge in [-0.15, -0.1) is 0 Å². The average Bonchev–Trinajstić information content (AvgIpc) is 3.30. The molecule has 0 bridgehead atoms. The van der Waals surface area contributed by atoms with Crippen LogP contribution < -0.4 is 11.1 Å². The summed E-state index contributed by atoms with van der Waals surface area (Å²) in [6.45, 7) is 3.11. The summed E-state index contributed by atoms with van der Waals surface area (Å²) in [5.41, 5.74) is 6.61. The monoisotopic (exact) mass is 411 g/mol. The van der Waals surface area contributed by atoms with Crippen LogP contribution in [0, 0.1) is 19.8 Å². The van der Waals surface area contributed by atoms with Crippen LogP contribution in [0.25, 0.3) is 0 Å². The van der Waals surface area contributed by atoms with Crippen molar-refractivity contribution in [2.45, 2.75) is 57.0 Å². The quantitative estimate of drug-likeness (QED) is 0.487. The second-order valence-corrected chi connectivity index (χ2v) is 8.38. The second-order valence-electron chi connectivity index (χ2n) is 8.38. The molecule has 2 aromatic rings. The lowest BCUT2D eigenvalue weighted by Crippen LogP contribution is -2.59. The molecule has 4 atom stereocenters. The second kappa shape index (κ2) is 7.36. The van der Waals surface area contributed by atoms with Gasteiger partial charge in [0.2, 0.25) is 11.6 Å². The van der Waals surface area contributed by atoms with Gasteiger partial charge in [-0.05, 0) is 44.2 Å². The summed E-state index contributed by atoms with van der Waals surface area (Å²) in [6.07, 6.45) is 2.09. The van der Waals surface area contributed by atoms with Crippen LogP contribution in [0.2, 0.25) is 0 Å². The molecular formula is C22H25N3O5. The van der Waals surface area contributed by atoms with Gasteiger partial charge in [-0.2, -0.15) is 0 Å². The molecule has 30 heavy (non-hydrogen) atoms. The molecule has 0 radical (unpaired) electrons. The van der Waals surface area contributed by atoms with Crippen molar-refractivity contribution >= 4 is 23.2 Å². The first-order valence-electron chi connectivity index (χ1n) is 10.1. The Morgan fingerprint density at radius 1 is 1.27 bits per heavy atom. The van der Waals surface area contributed by atoms with Crippen LogP contribution in [0.4, 0.5) is 5.69 Å². The first-order chi connectivity index (χ1) is 14.2. The van der Waals surface area contributed by atoms with E-state index >= 15 is 0 Å². The molecule has 0 saturated heterocycles. The van der Waals surface area contributed by atoms with E-state index in [9.17, 15) is 19.5 Å². The molecule has 2 aliphatic rings. The zero-order valence-corrected chi connectivity index (χ0v) is 17.0. The van der Waals surface area contributed by atoms with Crippen LogP contribution >= 0.6 is 0 Å². The molecule has 2 heterocycles. The first-order valence-corrected chi connectivity index (χ1v) is 10.1. The van der Waals surface area contributed by atoms with Gasteiger partial charge < -0.3 is 20.7 Å². The molecule has 0 spiro atoms. The third-order valence-electron chi connectivity index (χ3n) is 6.55. The van der Waals surface area contributed by atoms with Crippen LogP contribution in [0.3, 0.4) is 0 Å². The van der Waals surface area contributed by atoms with Crippen molar-refractivity contribution in [1.29, 1.82) is 0 Å². The molecule has 1 aromatic heterocycles. The molecule has 158 valence electrons. The van der Waals surface area contributed by atoms with Gasteiger partial charge in [0.05, 0.1) is 11.3 Å². The fourth-order valence-electron chi connectivity index (χ4n) is 5.17. The van der Waals surface area contributed by atoms with E-state index in [2.05, 4.69) is 10.5 Å². The number of nitrogens with two attached hydrogens (primary N) is 1. The number of benzene rings is 1. The fraction of sp³-hybridized carbons (Fsp3) is 0.455. The lowest BCUT2D eigenvalue weighted by atomic mass is 9.66. The summed E-state index contributed by atoms with van der Waals surface area (Å²) in [4.78, 5) is 38.2. The van der Waals surface area contributed by atoms with E-state index < -0.39 is 35.4 Å². The lowest BCUT2D eigenvalue weighted by molar-refractivity contribution is -0.146. The van der Waals surface area contributed by atoms with Crippen LogP contribution in [-0.4, -0.2) is 39.4 Å². The Kier molecular flexibility index (Phi) is 4.97. The summed E-state index contributed by atoms with van der Waals surface area (Å²) in [5, 5.41) is 17.4. The Morgan fingerprint density at radius 3 is 2.67 bits per heavy atom. The van der Waals surface area contributed by atoms with E-state index in [0.717, 1.165) is 30.5 Å². The Bertz CT molecular complexity index is 1010. The molecule has 1 fully saturated rings. The minimum absolute atomic E-state index is 0.0250. The summed E-state index contributed by atoms with van der Waals surface area (Å²) < 4.78 is 4.98. The van der Waals surface area contributed by atoms with Gasteiger partial charge in [0.25, 0.3) is 0 Å². The third-order valence-corrected chi connectivity index (χ3v) is 6.55. The van der Waals surface area contributed by atoms with Crippen molar-refractivity contribution in [3.63, 3.8) is 0 Å². The summed E-state index contributed by atoms with van der Waals surface area (Å²) in [5.74, 6) is -3.32. The molecule has 1 saturated carbocycles. The van der Waals surface area contributed by atoms with Gasteiger partial charge in [-0.25, -0.2) is 0 Å². The van der Waals surface area contributed by atoms with Gasteiger partial charge in [0.15, 0.2) is 0 Å². The molecule has 8 nitrogen and oxygen atoms in total. The highest BCUT2D eigenvalue weighted by atomic mass is 16.5. The van der Waals surface area contributed by atoms with Crippen LogP contribution in [0.5, 0.6) is 0 Å². The zero-order chi connectivity index (χ0) is 21.6. The predicted molar refractivity (Wildman–Crippen MR) is 108 cm³/mol. The van der Waals surface area contributed by atoms with Gasteiger partial charge in [0, 0.05) is 24.1 Å². The number of aliphatic carboxylic acids is 1. The molecule has 1 aliphatic heterocycles. The Hall–Kier alpha value is -3.00. The normalized spacial score (nSPS) is 24.3. The number of ketones is 2. The number of carboxylic acid groups (broad SMARTS) is 1. The Morgan fingerprint density at radius 2 is 2.00 bits per heavy atom. The number of Topliss-reactive ketones (excluding diaryl/α,β-unsaturated/α-hetero) is 2. The summed E-state index contributed by atoms with van der Waals surface area (Å²) >= 11 is 0. The van der Waals surface area contributed by atoms with Gasteiger partial charge in [-0.3, -0.25) is 14.4 Å². The smallest absolute Gasteiger partial charge is 0.324 e. The highest BCUT2D eigenvalue weighted by Gasteiger charge is 2.54. The van der Waals surface area contributed by atoms with Gasteiger partial charge in [-0.1, -0.05) is 29.8 Å². The fourth-order valence-corrected chi connectivity index (χ4v) is 5.17. The number of carbonyl (C=O) groups is 3. The number of nitrogens with one attached hydrogen (secondary N) is 1. The molecule has 4 rings (SSSR count). The largest absolute Gasteiger partial charge is 0.480 e. The third kappa shape index (κ3) is 3.11. The molecule has 4 N–H and O–H groups in total. The zero-order valence-electron chi connectivity index (χ0n) is 17.0. The molecule has 2 unspecified atom stereocenters. The molecule has 0 amide bonds. The first kappa shape index (κ1) is 20.3. The molecule has 1 aromatic carbocycles. The van der Waals surface area contributed by atoms with Crippen LogP contribution in [0.15, 0.2) is 28.8 Å². The van der Waals surface area contributed by atoms with Crippen LogP contribution in [0.1, 0.15) is 59.0 Å². The van der Waals surface area contributed by atoms with Crippen molar-refractivity contribution in [3.05, 3.63) is 46.8 Å². The maximum absolute atomic E-state index is 12.9. The van der Waals surface area contributed by atoms with E-state index in [4.69, 9.17) is 10.3 Å². The van der Waals surface area contributed by atoms with Crippen LogP contribution in [-0.2, 0) is 9.59 Å². The Balaban J connectivity index is 1.73. The van der Waals surface area contributed by atoms with Crippen molar-refractivity contribution in [2.24, 2.45) is 11.7 Å². The summed E-state index contributed by atoms with van der Waals surface area (Å²) in [6, 6.07) is 7.56. The highest BCUT2D eigenvalue weighted by Crippen LogP contribution is 2.50.